The van der Waals surface area contributed by atoms with Crippen LogP contribution in [0.5, 0.6) is 0 Å². The molecule has 0 aliphatic heterocycles. The fraction of sp³-hybridized carbons (Fsp3) is 0.368. The lowest BCUT2D eigenvalue weighted by Gasteiger charge is -2.23. The average molecular weight is 556 g/mol. The number of halogens is 4. The van der Waals surface area contributed by atoms with Gasteiger partial charge in [-0.2, -0.15) is 12.7 Å². The van der Waals surface area contributed by atoms with Crippen LogP contribution >= 0.6 is 22.6 Å². The highest BCUT2D eigenvalue weighted by molar-refractivity contribution is 14.1. The average Bonchev–Trinajstić information content (AvgIpc) is 2.69. The molecule has 2 rings (SSSR count). The first-order valence-electron chi connectivity index (χ1n) is 9.38. The SMILES string of the molecule is CCNCCCN(CC)S(=O)(=O)Nc1ccc(F)c(F)c1Nc1ccc(I)cc1F. The third kappa shape index (κ3) is 6.46. The molecule has 0 fully saturated rings. The van der Waals surface area contributed by atoms with E-state index in [9.17, 15) is 21.6 Å². The molecule has 2 aromatic rings. The molecule has 0 bridgehead atoms. The van der Waals surface area contributed by atoms with Crippen LogP contribution in [-0.4, -0.2) is 38.9 Å². The zero-order chi connectivity index (χ0) is 22.3. The Morgan fingerprint density at radius 3 is 2.37 bits per heavy atom. The molecule has 166 valence electrons. The molecule has 0 atom stereocenters. The van der Waals surface area contributed by atoms with Gasteiger partial charge in [-0.1, -0.05) is 13.8 Å². The summed E-state index contributed by atoms with van der Waals surface area (Å²) >= 11 is 1.91. The topological polar surface area (TPSA) is 73.5 Å². The highest BCUT2D eigenvalue weighted by Crippen LogP contribution is 2.32. The summed E-state index contributed by atoms with van der Waals surface area (Å²) < 4.78 is 72.2. The molecule has 0 radical (unpaired) electrons. The summed E-state index contributed by atoms with van der Waals surface area (Å²) in [6, 6.07) is 6.06. The Kier molecular flexibility index (Phi) is 9.19. The molecule has 0 aromatic heterocycles. The Bertz CT molecular complexity index is 976. The Hall–Kier alpha value is -1.57. The normalized spacial score (nSPS) is 11.7. The van der Waals surface area contributed by atoms with Gasteiger partial charge in [0.1, 0.15) is 11.5 Å². The lowest BCUT2D eigenvalue weighted by atomic mass is 10.2. The summed E-state index contributed by atoms with van der Waals surface area (Å²) in [5, 5.41) is 5.58. The lowest BCUT2D eigenvalue weighted by molar-refractivity contribution is 0.420. The van der Waals surface area contributed by atoms with E-state index in [1.807, 2.05) is 29.5 Å². The number of nitrogens with zero attached hydrogens (tertiary/aromatic N) is 1. The molecule has 11 heteroatoms. The van der Waals surface area contributed by atoms with Gasteiger partial charge >= 0.3 is 10.2 Å². The standard InChI is InChI=1S/C19H24F3IN4O2S/c1-3-24-10-5-11-27(4-2)30(28,29)26-17-9-7-14(20)18(22)19(17)25-16-8-6-13(23)12-15(16)21/h6-9,12,24-26H,3-5,10-11H2,1-2H3. The van der Waals surface area contributed by atoms with Gasteiger partial charge < -0.3 is 10.6 Å². The predicted octanol–water partition coefficient (Wildman–Crippen LogP) is 4.43. The third-order valence-corrected chi connectivity index (χ3v) is 6.50. The lowest BCUT2D eigenvalue weighted by Crippen LogP contribution is -2.37. The van der Waals surface area contributed by atoms with Crippen molar-refractivity contribution in [2.45, 2.75) is 20.3 Å². The van der Waals surface area contributed by atoms with Crippen LogP contribution in [-0.2, 0) is 10.2 Å². The van der Waals surface area contributed by atoms with E-state index in [-0.39, 0.29) is 24.5 Å². The van der Waals surface area contributed by atoms with Crippen molar-refractivity contribution in [3.8, 4) is 0 Å². The van der Waals surface area contributed by atoms with E-state index in [1.54, 1.807) is 13.0 Å². The van der Waals surface area contributed by atoms with Crippen molar-refractivity contribution in [3.63, 3.8) is 0 Å². The van der Waals surface area contributed by atoms with Gasteiger partial charge in [0.05, 0.1) is 11.4 Å². The Labute approximate surface area is 188 Å². The third-order valence-electron chi connectivity index (χ3n) is 4.23. The molecular weight excluding hydrogens is 532 g/mol. The van der Waals surface area contributed by atoms with E-state index in [4.69, 9.17) is 0 Å². The van der Waals surface area contributed by atoms with Crippen molar-refractivity contribution in [1.29, 1.82) is 0 Å². The highest BCUT2D eigenvalue weighted by atomic mass is 127. The number of rotatable bonds is 11. The molecule has 0 unspecified atom stereocenters. The van der Waals surface area contributed by atoms with Gasteiger partial charge in [0, 0.05) is 16.7 Å². The number of nitrogens with one attached hydrogen (secondary N) is 3. The van der Waals surface area contributed by atoms with Gasteiger partial charge in [0.25, 0.3) is 0 Å². The minimum Gasteiger partial charge on any atom is -0.349 e. The molecule has 3 N–H and O–H groups in total. The van der Waals surface area contributed by atoms with Gasteiger partial charge in [-0.05, 0) is 72.4 Å². The Balaban J connectivity index is 2.31. The molecular formula is C19H24F3IN4O2S. The molecule has 0 heterocycles. The fourth-order valence-corrected chi connectivity index (χ4v) is 4.43. The number of hydrogen-bond acceptors (Lipinski definition) is 4. The van der Waals surface area contributed by atoms with Crippen molar-refractivity contribution in [1.82, 2.24) is 9.62 Å². The van der Waals surface area contributed by atoms with E-state index < -0.39 is 33.3 Å². The van der Waals surface area contributed by atoms with Crippen LogP contribution in [0.4, 0.5) is 30.2 Å². The second kappa shape index (κ2) is 11.2. The second-order valence-corrected chi connectivity index (χ2v) is 9.26. The summed E-state index contributed by atoms with van der Waals surface area (Å²) in [6.07, 6.45) is 0.583. The molecule has 6 nitrogen and oxygen atoms in total. The van der Waals surface area contributed by atoms with Crippen LogP contribution in [0.25, 0.3) is 0 Å². The van der Waals surface area contributed by atoms with E-state index in [0.29, 0.717) is 16.5 Å². The Morgan fingerprint density at radius 1 is 1.03 bits per heavy atom. The zero-order valence-electron chi connectivity index (χ0n) is 16.6. The maximum Gasteiger partial charge on any atom is 0.301 e. The first-order chi connectivity index (χ1) is 14.2. The quantitative estimate of drug-likeness (QED) is 0.283. The molecule has 0 aliphatic rings. The molecule has 0 saturated carbocycles. The van der Waals surface area contributed by atoms with Gasteiger partial charge in [0.15, 0.2) is 11.6 Å². The summed E-state index contributed by atoms with van der Waals surface area (Å²) in [6.45, 7) is 5.49. The largest absolute Gasteiger partial charge is 0.349 e. The van der Waals surface area contributed by atoms with Gasteiger partial charge in [0.2, 0.25) is 0 Å². The summed E-state index contributed by atoms with van der Waals surface area (Å²) in [5.41, 5.74) is -0.835. The Morgan fingerprint density at radius 2 is 1.73 bits per heavy atom. The molecule has 0 aliphatic carbocycles. The van der Waals surface area contributed by atoms with Crippen LogP contribution in [0.2, 0.25) is 0 Å². The number of anilines is 3. The minimum absolute atomic E-state index is 0.113. The monoisotopic (exact) mass is 556 g/mol. The maximum absolute atomic E-state index is 14.5. The van der Waals surface area contributed by atoms with Crippen LogP contribution in [0.1, 0.15) is 20.3 Å². The minimum atomic E-state index is -4.04. The smallest absolute Gasteiger partial charge is 0.301 e. The van der Waals surface area contributed by atoms with Crippen LogP contribution < -0.4 is 15.4 Å². The summed E-state index contributed by atoms with van der Waals surface area (Å²) in [4.78, 5) is 0. The van der Waals surface area contributed by atoms with Crippen LogP contribution in [0, 0.1) is 21.0 Å². The van der Waals surface area contributed by atoms with Gasteiger partial charge in [-0.25, -0.2) is 13.2 Å². The van der Waals surface area contributed by atoms with Crippen LogP contribution in [0.3, 0.4) is 0 Å². The van der Waals surface area contributed by atoms with Crippen molar-refractivity contribution < 1.29 is 21.6 Å². The first kappa shape index (κ1) is 24.7. The maximum atomic E-state index is 14.5. The fourth-order valence-electron chi connectivity index (χ4n) is 2.69. The second-order valence-electron chi connectivity index (χ2n) is 6.34. The highest BCUT2D eigenvalue weighted by Gasteiger charge is 2.24. The van der Waals surface area contributed by atoms with E-state index in [0.717, 1.165) is 18.7 Å². The van der Waals surface area contributed by atoms with Crippen molar-refractivity contribution in [2.75, 3.05) is 36.2 Å². The van der Waals surface area contributed by atoms with Crippen LogP contribution in [0.15, 0.2) is 30.3 Å². The van der Waals surface area contributed by atoms with E-state index >= 15 is 0 Å². The van der Waals surface area contributed by atoms with Gasteiger partial charge in [-0.15, -0.1) is 0 Å². The number of benzene rings is 2. The van der Waals surface area contributed by atoms with Crippen molar-refractivity contribution in [2.24, 2.45) is 0 Å². The zero-order valence-corrected chi connectivity index (χ0v) is 19.6. The molecule has 0 saturated heterocycles. The van der Waals surface area contributed by atoms with E-state index in [2.05, 4.69) is 15.4 Å². The molecule has 2 aromatic carbocycles. The van der Waals surface area contributed by atoms with Crippen molar-refractivity contribution in [3.05, 3.63) is 51.4 Å². The van der Waals surface area contributed by atoms with Crippen molar-refractivity contribution >= 4 is 49.9 Å². The predicted molar refractivity (Wildman–Crippen MR) is 122 cm³/mol. The first-order valence-corrected chi connectivity index (χ1v) is 11.9. The summed E-state index contributed by atoms with van der Waals surface area (Å²) in [5.74, 6) is -3.19. The molecule has 0 spiro atoms. The molecule has 0 amide bonds. The summed E-state index contributed by atoms with van der Waals surface area (Å²) in [7, 11) is -4.04. The van der Waals surface area contributed by atoms with E-state index in [1.165, 1.54) is 16.4 Å². The molecule has 30 heavy (non-hydrogen) atoms. The number of hydrogen-bond donors (Lipinski definition) is 3. The van der Waals surface area contributed by atoms with Gasteiger partial charge in [-0.3, -0.25) is 4.72 Å².